The summed E-state index contributed by atoms with van der Waals surface area (Å²) in [5, 5.41) is 7.96. The molecule has 0 aliphatic heterocycles. The Morgan fingerprint density at radius 2 is 1.83 bits per heavy atom. The lowest BCUT2D eigenvalue weighted by Gasteiger charge is -2.34. The van der Waals surface area contributed by atoms with E-state index >= 15 is 0 Å². The Kier molecular flexibility index (Phi) is 8.75. The number of carbonyl (C=O) groups excluding carboxylic acids is 2. The summed E-state index contributed by atoms with van der Waals surface area (Å²) >= 11 is 6.46. The molecule has 0 bridgehead atoms. The number of nitrogens with one attached hydrogen (secondary N) is 1. The monoisotopic (exact) mass is 510 g/mol. The third kappa shape index (κ3) is 6.52. The van der Waals surface area contributed by atoms with Crippen LogP contribution in [-0.4, -0.2) is 32.5 Å². The molecule has 36 heavy (non-hydrogen) atoms. The van der Waals surface area contributed by atoms with Crippen LogP contribution in [0.3, 0.4) is 0 Å². The van der Waals surface area contributed by atoms with Gasteiger partial charge < -0.3 is 10.2 Å². The second kappa shape index (κ2) is 12.2. The highest BCUT2D eigenvalue weighted by Crippen LogP contribution is 2.28. The molecule has 6 nitrogen and oxygen atoms in total. The van der Waals surface area contributed by atoms with Crippen molar-refractivity contribution < 1.29 is 14.0 Å². The average Bonchev–Trinajstić information content (AvgIpc) is 3.29. The van der Waals surface area contributed by atoms with Crippen molar-refractivity contribution in [2.24, 2.45) is 0 Å². The van der Waals surface area contributed by atoms with Crippen LogP contribution in [0.2, 0.25) is 5.02 Å². The van der Waals surface area contributed by atoms with Crippen LogP contribution in [0, 0.1) is 12.7 Å². The van der Waals surface area contributed by atoms with Crippen molar-refractivity contribution in [1.29, 1.82) is 0 Å². The van der Waals surface area contributed by atoms with Crippen molar-refractivity contribution in [2.75, 3.05) is 0 Å². The molecule has 0 saturated heterocycles. The largest absolute Gasteiger partial charge is 0.351 e. The molecule has 190 valence electrons. The van der Waals surface area contributed by atoms with Crippen LogP contribution < -0.4 is 5.32 Å². The third-order valence-corrected chi connectivity index (χ3v) is 7.15. The van der Waals surface area contributed by atoms with Crippen molar-refractivity contribution in [1.82, 2.24) is 20.0 Å². The minimum atomic E-state index is -0.921. The number of nitrogens with zero attached hydrogens (tertiary/aromatic N) is 3. The van der Waals surface area contributed by atoms with Crippen LogP contribution in [-0.2, 0) is 22.7 Å². The summed E-state index contributed by atoms with van der Waals surface area (Å²) in [6.07, 6.45) is 6.98. The minimum Gasteiger partial charge on any atom is -0.351 e. The SMILES string of the molecule is Cc1ccnn1CCC(=O)N(Cc1ccccc1Cl)[C@@H](C(=O)NC1CCCCC1)c1ccc(F)cc1. The lowest BCUT2D eigenvalue weighted by molar-refractivity contribution is -0.142. The second-order valence-electron chi connectivity index (χ2n) is 9.36. The van der Waals surface area contributed by atoms with Gasteiger partial charge in [0, 0.05) is 42.5 Å². The molecule has 2 aromatic carbocycles. The molecule has 0 spiro atoms. The van der Waals surface area contributed by atoms with Crippen LogP contribution in [0.4, 0.5) is 4.39 Å². The minimum absolute atomic E-state index is 0.0678. The van der Waals surface area contributed by atoms with Gasteiger partial charge in [0.2, 0.25) is 11.8 Å². The smallest absolute Gasteiger partial charge is 0.247 e. The Morgan fingerprint density at radius 3 is 2.50 bits per heavy atom. The highest BCUT2D eigenvalue weighted by molar-refractivity contribution is 6.31. The first kappa shape index (κ1) is 25.9. The molecule has 3 aromatic rings. The molecule has 8 heteroatoms. The molecule has 0 radical (unpaired) electrons. The van der Waals surface area contributed by atoms with Crippen LogP contribution >= 0.6 is 11.6 Å². The molecule has 1 saturated carbocycles. The molecule has 0 unspecified atom stereocenters. The van der Waals surface area contributed by atoms with E-state index in [-0.39, 0.29) is 30.8 Å². The molecule has 1 atom stereocenters. The number of hydrogen-bond donors (Lipinski definition) is 1. The molecular formula is C28H32ClFN4O2. The fourth-order valence-corrected chi connectivity index (χ4v) is 4.95. The highest BCUT2D eigenvalue weighted by Gasteiger charge is 2.33. The first-order valence-electron chi connectivity index (χ1n) is 12.5. The van der Waals surface area contributed by atoms with Crippen molar-refractivity contribution in [2.45, 2.75) is 70.6 Å². The quantitative estimate of drug-likeness (QED) is 0.408. The van der Waals surface area contributed by atoms with Crippen molar-refractivity contribution in [3.05, 3.63) is 88.5 Å². The maximum Gasteiger partial charge on any atom is 0.247 e. The topological polar surface area (TPSA) is 67.2 Å². The fourth-order valence-electron chi connectivity index (χ4n) is 4.76. The van der Waals surface area contributed by atoms with Crippen molar-refractivity contribution in [3.63, 3.8) is 0 Å². The molecule has 1 N–H and O–H groups in total. The Labute approximate surface area is 216 Å². The van der Waals surface area contributed by atoms with E-state index in [2.05, 4.69) is 10.4 Å². The van der Waals surface area contributed by atoms with E-state index in [9.17, 15) is 14.0 Å². The van der Waals surface area contributed by atoms with E-state index in [4.69, 9.17) is 11.6 Å². The number of carbonyl (C=O) groups is 2. The van der Waals surface area contributed by atoms with Crippen LogP contribution in [0.15, 0.2) is 60.8 Å². The predicted octanol–water partition coefficient (Wildman–Crippen LogP) is 5.59. The second-order valence-corrected chi connectivity index (χ2v) is 9.76. The first-order chi connectivity index (χ1) is 17.4. The summed E-state index contributed by atoms with van der Waals surface area (Å²) in [5.74, 6) is -0.870. The summed E-state index contributed by atoms with van der Waals surface area (Å²) in [7, 11) is 0. The number of amides is 2. The van der Waals surface area contributed by atoms with E-state index < -0.39 is 11.9 Å². The molecule has 1 aromatic heterocycles. The lowest BCUT2D eigenvalue weighted by atomic mass is 9.94. The van der Waals surface area contributed by atoms with Gasteiger partial charge in [0.15, 0.2) is 0 Å². The lowest BCUT2D eigenvalue weighted by Crippen LogP contribution is -2.47. The zero-order valence-electron chi connectivity index (χ0n) is 20.5. The number of rotatable bonds is 9. The van der Waals surface area contributed by atoms with Gasteiger partial charge in [-0.05, 0) is 55.2 Å². The van der Waals surface area contributed by atoms with Crippen LogP contribution in [0.5, 0.6) is 0 Å². The summed E-state index contributed by atoms with van der Waals surface area (Å²) < 4.78 is 15.6. The zero-order chi connectivity index (χ0) is 25.5. The number of hydrogen-bond acceptors (Lipinski definition) is 3. The molecular weight excluding hydrogens is 479 g/mol. The third-order valence-electron chi connectivity index (χ3n) is 6.78. The van der Waals surface area contributed by atoms with E-state index in [0.29, 0.717) is 17.1 Å². The summed E-state index contributed by atoms with van der Waals surface area (Å²) in [6, 6.07) is 14.1. The van der Waals surface area contributed by atoms with Gasteiger partial charge >= 0.3 is 0 Å². The highest BCUT2D eigenvalue weighted by atomic mass is 35.5. The van der Waals surface area contributed by atoms with Gasteiger partial charge in [-0.1, -0.05) is 61.2 Å². The van der Waals surface area contributed by atoms with Crippen LogP contribution in [0.1, 0.15) is 61.4 Å². The van der Waals surface area contributed by atoms with Crippen molar-refractivity contribution >= 4 is 23.4 Å². The maximum atomic E-state index is 13.8. The number of aromatic nitrogens is 2. The van der Waals surface area contributed by atoms with Gasteiger partial charge in [0.1, 0.15) is 11.9 Å². The number of aryl methyl sites for hydroxylation is 2. The Morgan fingerprint density at radius 1 is 1.11 bits per heavy atom. The summed E-state index contributed by atoms with van der Waals surface area (Å²) in [4.78, 5) is 29.0. The maximum absolute atomic E-state index is 13.8. The van der Waals surface area contributed by atoms with Gasteiger partial charge in [-0.15, -0.1) is 0 Å². The predicted molar refractivity (Wildman–Crippen MR) is 138 cm³/mol. The molecule has 2 amide bonds. The van der Waals surface area contributed by atoms with Gasteiger partial charge in [0.05, 0.1) is 0 Å². The summed E-state index contributed by atoms with van der Waals surface area (Å²) in [5.41, 5.74) is 2.24. The van der Waals surface area contributed by atoms with E-state index in [1.165, 1.54) is 12.1 Å². The van der Waals surface area contributed by atoms with E-state index in [1.54, 1.807) is 34.0 Å². The molecule has 1 heterocycles. The van der Waals surface area contributed by atoms with E-state index in [0.717, 1.165) is 43.4 Å². The Bertz CT molecular complexity index is 1170. The van der Waals surface area contributed by atoms with E-state index in [1.807, 2.05) is 31.2 Å². The van der Waals surface area contributed by atoms with Crippen molar-refractivity contribution in [3.8, 4) is 0 Å². The number of halogens is 2. The summed E-state index contributed by atoms with van der Waals surface area (Å²) in [6.45, 7) is 2.46. The fraction of sp³-hybridized carbons (Fsp3) is 0.393. The van der Waals surface area contributed by atoms with Gasteiger partial charge in [-0.3, -0.25) is 14.3 Å². The molecule has 1 aliphatic rings. The van der Waals surface area contributed by atoms with Crippen LogP contribution in [0.25, 0.3) is 0 Å². The number of benzene rings is 2. The standard InChI is InChI=1S/C28H32ClFN4O2/c1-20-15-17-31-34(20)18-16-26(35)33(19-22-7-5-6-10-25(22)29)27(21-11-13-23(30)14-12-21)28(36)32-24-8-3-2-4-9-24/h5-7,10-15,17,24,27H,2-4,8-9,16,18-19H2,1H3,(H,32,36)/t27-/m1/s1. The normalized spacial score (nSPS) is 14.9. The first-order valence-corrected chi connectivity index (χ1v) is 12.9. The Balaban J connectivity index is 1.67. The molecule has 4 rings (SSSR count). The van der Waals surface area contributed by atoms with Gasteiger partial charge in [0.25, 0.3) is 0 Å². The van der Waals surface area contributed by atoms with Gasteiger partial charge in [-0.2, -0.15) is 5.10 Å². The molecule has 1 fully saturated rings. The van der Waals surface area contributed by atoms with Gasteiger partial charge in [-0.25, -0.2) is 4.39 Å². The molecule has 1 aliphatic carbocycles. The Hall–Kier alpha value is -3.19. The zero-order valence-corrected chi connectivity index (χ0v) is 21.3. The average molecular weight is 511 g/mol.